The second-order valence-corrected chi connectivity index (χ2v) is 4.94. The number of carbonyl (C=O) groups is 2. The van der Waals surface area contributed by atoms with Gasteiger partial charge in [-0.25, -0.2) is 23.4 Å². The van der Waals surface area contributed by atoms with Gasteiger partial charge in [-0.05, 0) is 29.8 Å². The highest BCUT2D eigenvalue weighted by atomic mass is 79.9. The fourth-order valence-corrected chi connectivity index (χ4v) is 2.44. The zero-order valence-corrected chi connectivity index (χ0v) is 13.9. The van der Waals surface area contributed by atoms with E-state index in [1.54, 1.807) is 0 Å². The van der Waals surface area contributed by atoms with Crippen LogP contribution in [0.25, 0.3) is 0 Å². The van der Waals surface area contributed by atoms with Crippen LogP contribution in [0.5, 0.6) is 0 Å². The van der Waals surface area contributed by atoms with Gasteiger partial charge >= 0.3 is 18.1 Å². The molecule has 1 aromatic rings. The molecule has 0 fully saturated rings. The fraction of sp³-hybridized carbons (Fsp3) is 0.462. The van der Waals surface area contributed by atoms with Gasteiger partial charge in [0, 0.05) is 0 Å². The van der Waals surface area contributed by atoms with Gasteiger partial charge in [0.2, 0.25) is 0 Å². The predicted octanol–water partition coefficient (Wildman–Crippen LogP) is 4.15. The number of halogens is 6. The normalized spacial score (nSPS) is 11.5. The van der Waals surface area contributed by atoms with Gasteiger partial charge in [0.05, 0.1) is 17.7 Å². The Morgan fingerprint density at radius 2 is 1.54 bits per heavy atom. The fourth-order valence-electron chi connectivity index (χ4n) is 1.72. The van der Waals surface area contributed by atoms with E-state index in [1.165, 1.54) is 13.8 Å². The molecule has 0 N–H and O–H groups in total. The topological polar surface area (TPSA) is 65.5 Å². The molecule has 1 heterocycles. The van der Waals surface area contributed by atoms with E-state index >= 15 is 0 Å². The van der Waals surface area contributed by atoms with E-state index in [-0.39, 0.29) is 13.2 Å². The van der Waals surface area contributed by atoms with E-state index in [4.69, 9.17) is 0 Å². The molecule has 11 heteroatoms. The third-order valence-corrected chi connectivity index (χ3v) is 3.39. The van der Waals surface area contributed by atoms with Crippen LogP contribution in [0.1, 0.15) is 52.4 Å². The number of aromatic nitrogens is 1. The molecule has 0 saturated carbocycles. The quantitative estimate of drug-likeness (QED) is 0.529. The van der Waals surface area contributed by atoms with Crippen LogP contribution in [0.2, 0.25) is 0 Å². The largest absolute Gasteiger partial charge is 0.462 e. The second-order valence-electron chi connectivity index (χ2n) is 4.15. The summed E-state index contributed by atoms with van der Waals surface area (Å²) in [6.45, 7) is 2.22. The van der Waals surface area contributed by atoms with E-state index in [0.717, 1.165) is 0 Å². The van der Waals surface area contributed by atoms with Crippen LogP contribution in [-0.4, -0.2) is 30.1 Å². The van der Waals surface area contributed by atoms with Crippen molar-refractivity contribution in [1.29, 1.82) is 0 Å². The third-order valence-electron chi connectivity index (χ3n) is 2.60. The van der Waals surface area contributed by atoms with Crippen LogP contribution in [0.4, 0.5) is 22.0 Å². The Balaban J connectivity index is 3.81. The van der Waals surface area contributed by atoms with Crippen molar-refractivity contribution >= 4 is 27.9 Å². The van der Waals surface area contributed by atoms with Crippen LogP contribution in [0, 0.1) is 0 Å². The van der Waals surface area contributed by atoms with Gasteiger partial charge in [0.25, 0.3) is 6.43 Å². The Morgan fingerprint density at radius 3 is 1.92 bits per heavy atom. The maximum atomic E-state index is 13.1. The van der Waals surface area contributed by atoms with Gasteiger partial charge in [0.1, 0.15) is 16.8 Å². The second kappa shape index (κ2) is 7.86. The van der Waals surface area contributed by atoms with Crippen LogP contribution in [0.3, 0.4) is 0 Å². The number of ether oxygens (including phenoxy) is 2. The van der Waals surface area contributed by atoms with E-state index in [9.17, 15) is 31.5 Å². The lowest BCUT2D eigenvalue weighted by Crippen LogP contribution is -2.23. The first-order valence-corrected chi connectivity index (χ1v) is 7.28. The van der Waals surface area contributed by atoms with E-state index in [2.05, 4.69) is 30.4 Å². The number of hydrogen-bond donors (Lipinski definition) is 0. The lowest BCUT2D eigenvalue weighted by Gasteiger charge is -2.17. The molecule has 0 aromatic carbocycles. The first-order chi connectivity index (χ1) is 11.1. The number of carbonyl (C=O) groups excluding carboxylic acids is 2. The number of hydrogen-bond acceptors (Lipinski definition) is 5. The summed E-state index contributed by atoms with van der Waals surface area (Å²) in [5.74, 6) is -2.80. The van der Waals surface area contributed by atoms with Gasteiger partial charge in [-0.15, -0.1) is 0 Å². The summed E-state index contributed by atoms with van der Waals surface area (Å²) in [5, 5.41) is 0. The van der Waals surface area contributed by atoms with E-state index < -0.39 is 51.5 Å². The molecular formula is C13H11BrF5NO4. The molecule has 0 unspecified atom stereocenters. The Labute approximate surface area is 141 Å². The molecule has 1 rings (SSSR count). The average Bonchev–Trinajstić information content (AvgIpc) is 2.45. The maximum absolute atomic E-state index is 13.1. The molecule has 0 spiro atoms. The lowest BCUT2D eigenvalue weighted by molar-refractivity contribution is -0.142. The van der Waals surface area contributed by atoms with Crippen LogP contribution in [0.15, 0.2) is 4.47 Å². The van der Waals surface area contributed by atoms with Gasteiger partial charge < -0.3 is 9.47 Å². The Morgan fingerprint density at radius 1 is 1.08 bits per heavy atom. The first-order valence-electron chi connectivity index (χ1n) is 6.49. The predicted molar refractivity (Wildman–Crippen MR) is 73.8 cm³/mol. The molecule has 0 aliphatic rings. The van der Waals surface area contributed by atoms with Crippen molar-refractivity contribution in [3.63, 3.8) is 0 Å². The highest BCUT2D eigenvalue weighted by Gasteiger charge is 2.42. The molecular weight excluding hydrogens is 409 g/mol. The average molecular weight is 420 g/mol. The lowest BCUT2D eigenvalue weighted by atomic mass is 10.1. The molecule has 0 atom stereocenters. The Bertz CT molecular complexity index is 648. The highest BCUT2D eigenvalue weighted by Crippen LogP contribution is 2.39. The van der Waals surface area contributed by atoms with Crippen molar-refractivity contribution in [1.82, 2.24) is 4.98 Å². The maximum Gasteiger partial charge on any atom is 0.434 e. The van der Waals surface area contributed by atoms with Crippen molar-refractivity contribution in [2.75, 3.05) is 13.2 Å². The summed E-state index contributed by atoms with van der Waals surface area (Å²) in [6, 6.07) is 0. The summed E-state index contributed by atoms with van der Waals surface area (Å²) >= 11 is 2.61. The number of alkyl halides is 5. The minimum absolute atomic E-state index is 0.219. The first kappa shape index (κ1) is 20.3. The van der Waals surface area contributed by atoms with Gasteiger partial charge in [-0.2, -0.15) is 13.2 Å². The van der Waals surface area contributed by atoms with Crippen LogP contribution < -0.4 is 0 Å². The molecule has 0 aliphatic carbocycles. The minimum atomic E-state index is -5.22. The summed E-state index contributed by atoms with van der Waals surface area (Å²) < 4.78 is 73.7. The van der Waals surface area contributed by atoms with Crippen molar-refractivity contribution in [3.05, 3.63) is 27.0 Å². The molecule has 0 amide bonds. The minimum Gasteiger partial charge on any atom is -0.462 e. The summed E-state index contributed by atoms with van der Waals surface area (Å²) in [5.41, 5.74) is -5.45. The smallest absolute Gasteiger partial charge is 0.434 e. The van der Waals surface area contributed by atoms with Crippen molar-refractivity contribution < 1.29 is 41.0 Å². The van der Waals surface area contributed by atoms with E-state index in [1.807, 2.05) is 0 Å². The summed E-state index contributed by atoms with van der Waals surface area (Å²) in [7, 11) is 0. The Hall–Kier alpha value is -1.78. The molecule has 0 radical (unpaired) electrons. The zero-order valence-electron chi connectivity index (χ0n) is 12.3. The standard InChI is InChI=1S/C13H11BrF5NO4/c1-3-23-11(21)5-7(14)6(12(22)24-4-2)9(13(17,18)19)20-8(5)10(15)16/h10H,3-4H2,1-2H3. The molecule has 24 heavy (non-hydrogen) atoms. The van der Waals surface area contributed by atoms with Gasteiger partial charge in [-0.1, -0.05) is 0 Å². The van der Waals surface area contributed by atoms with Gasteiger partial charge in [-0.3, -0.25) is 0 Å². The van der Waals surface area contributed by atoms with Gasteiger partial charge in [0.15, 0.2) is 5.69 Å². The molecule has 0 saturated heterocycles. The molecule has 134 valence electrons. The Kier molecular flexibility index (Phi) is 6.64. The van der Waals surface area contributed by atoms with Crippen LogP contribution in [-0.2, 0) is 15.7 Å². The molecule has 0 aliphatic heterocycles. The van der Waals surface area contributed by atoms with Crippen LogP contribution >= 0.6 is 15.9 Å². The number of nitrogens with zero attached hydrogens (tertiary/aromatic N) is 1. The SMILES string of the molecule is CCOC(=O)c1c(C(F)F)nc(C(F)(F)F)c(C(=O)OCC)c1Br. The molecule has 5 nitrogen and oxygen atoms in total. The number of pyridine rings is 1. The zero-order chi connectivity index (χ0) is 18.7. The van der Waals surface area contributed by atoms with Crippen molar-refractivity contribution in [2.45, 2.75) is 26.4 Å². The van der Waals surface area contributed by atoms with Crippen molar-refractivity contribution in [3.8, 4) is 0 Å². The molecule has 0 bridgehead atoms. The summed E-state index contributed by atoms with van der Waals surface area (Å²) in [4.78, 5) is 26.4. The highest BCUT2D eigenvalue weighted by molar-refractivity contribution is 9.10. The van der Waals surface area contributed by atoms with Crippen molar-refractivity contribution in [2.24, 2.45) is 0 Å². The molecule has 1 aromatic heterocycles. The number of esters is 2. The number of rotatable bonds is 5. The third kappa shape index (κ3) is 4.19. The monoisotopic (exact) mass is 419 g/mol. The van der Waals surface area contributed by atoms with E-state index in [0.29, 0.717) is 0 Å². The summed E-state index contributed by atoms with van der Waals surface area (Å²) in [6.07, 6.45) is -8.72.